The molecule has 24 heavy (non-hydrogen) atoms. The predicted octanol–water partition coefficient (Wildman–Crippen LogP) is 4.55. The molecule has 0 aliphatic heterocycles. The predicted molar refractivity (Wildman–Crippen MR) is 93.4 cm³/mol. The number of carbonyl (C=O) groups excluding carboxylic acids is 1. The molecule has 0 radical (unpaired) electrons. The standard InChI is InChI=1S/C20H19FN2O/c1-15-6-2-3-7-18(15)22-20(24)14-19(23-12-4-5-13-23)16-8-10-17(21)11-9-16/h2-13,19H,14H2,1H3,(H,22,24)/t19-/m0/s1. The Labute approximate surface area is 140 Å². The number of nitrogens with zero attached hydrogens (tertiary/aromatic N) is 1. The second-order valence-corrected chi connectivity index (χ2v) is 5.76. The van der Waals surface area contributed by atoms with Crippen LogP contribution in [-0.2, 0) is 4.79 Å². The van der Waals surface area contributed by atoms with Gasteiger partial charge in [-0.05, 0) is 48.4 Å². The summed E-state index contributed by atoms with van der Waals surface area (Å²) in [6, 6.07) is 17.6. The highest BCUT2D eigenvalue weighted by atomic mass is 19.1. The summed E-state index contributed by atoms with van der Waals surface area (Å²) in [5, 5.41) is 2.96. The normalized spacial score (nSPS) is 11.9. The lowest BCUT2D eigenvalue weighted by atomic mass is 10.0. The summed E-state index contributed by atoms with van der Waals surface area (Å²) < 4.78 is 15.2. The van der Waals surface area contributed by atoms with Gasteiger partial charge in [0.1, 0.15) is 5.82 Å². The van der Waals surface area contributed by atoms with Crippen molar-refractivity contribution in [1.29, 1.82) is 0 Å². The average Bonchev–Trinajstić information content (AvgIpc) is 3.10. The molecule has 3 rings (SSSR count). The van der Waals surface area contributed by atoms with Crippen LogP contribution in [0.3, 0.4) is 0 Å². The molecule has 122 valence electrons. The van der Waals surface area contributed by atoms with E-state index in [9.17, 15) is 9.18 Å². The van der Waals surface area contributed by atoms with Gasteiger partial charge in [0, 0.05) is 18.1 Å². The zero-order valence-electron chi connectivity index (χ0n) is 13.4. The van der Waals surface area contributed by atoms with E-state index in [1.165, 1.54) is 12.1 Å². The van der Waals surface area contributed by atoms with E-state index in [1.54, 1.807) is 12.1 Å². The van der Waals surface area contributed by atoms with E-state index in [4.69, 9.17) is 0 Å². The summed E-state index contributed by atoms with van der Waals surface area (Å²) in [7, 11) is 0. The Balaban J connectivity index is 1.81. The van der Waals surface area contributed by atoms with Gasteiger partial charge in [-0.25, -0.2) is 4.39 Å². The van der Waals surface area contributed by atoms with Gasteiger partial charge in [-0.2, -0.15) is 0 Å². The van der Waals surface area contributed by atoms with Crippen LogP contribution in [-0.4, -0.2) is 10.5 Å². The summed E-state index contributed by atoms with van der Waals surface area (Å²) in [5.74, 6) is -0.360. The van der Waals surface area contributed by atoms with Crippen LogP contribution in [0.4, 0.5) is 10.1 Å². The molecule has 0 aliphatic carbocycles. The number of aromatic nitrogens is 1. The first kappa shape index (κ1) is 16.0. The number of halogens is 1. The highest BCUT2D eigenvalue weighted by molar-refractivity contribution is 5.92. The maximum atomic E-state index is 13.2. The van der Waals surface area contributed by atoms with Crippen molar-refractivity contribution in [3.63, 3.8) is 0 Å². The van der Waals surface area contributed by atoms with E-state index in [-0.39, 0.29) is 24.2 Å². The Morgan fingerprint density at radius 2 is 1.71 bits per heavy atom. The Morgan fingerprint density at radius 3 is 2.38 bits per heavy atom. The van der Waals surface area contributed by atoms with Crippen molar-refractivity contribution < 1.29 is 9.18 Å². The molecule has 0 bridgehead atoms. The third-order valence-electron chi connectivity index (χ3n) is 4.04. The number of carbonyl (C=O) groups is 1. The van der Waals surface area contributed by atoms with E-state index in [0.29, 0.717) is 0 Å². The minimum Gasteiger partial charge on any atom is -0.346 e. The van der Waals surface area contributed by atoms with Gasteiger partial charge in [0.15, 0.2) is 0 Å². The first-order valence-corrected chi connectivity index (χ1v) is 7.87. The molecular formula is C20H19FN2O. The molecule has 4 heteroatoms. The fourth-order valence-corrected chi connectivity index (χ4v) is 2.73. The van der Waals surface area contributed by atoms with Gasteiger partial charge in [-0.3, -0.25) is 4.79 Å². The topological polar surface area (TPSA) is 34.0 Å². The van der Waals surface area contributed by atoms with E-state index in [0.717, 1.165) is 16.8 Å². The minimum atomic E-state index is -0.283. The molecule has 3 aromatic rings. The number of benzene rings is 2. The smallest absolute Gasteiger partial charge is 0.226 e. The summed E-state index contributed by atoms with van der Waals surface area (Å²) in [4.78, 5) is 12.5. The molecule has 1 atom stereocenters. The van der Waals surface area contributed by atoms with Gasteiger partial charge < -0.3 is 9.88 Å². The Kier molecular flexibility index (Phi) is 4.75. The van der Waals surface area contributed by atoms with Crippen molar-refractivity contribution in [3.05, 3.63) is 90.0 Å². The van der Waals surface area contributed by atoms with Crippen LogP contribution in [0.1, 0.15) is 23.6 Å². The Morgan fingerprint density at radius 1 is 1.04 bits per heavy atom. The number of amides is 1. The lowest BCUT2D eigenvalue weighted by molar-refractivity contribution is -0.116. The number of rotatable bonds is 5. The molecule has 0 saturated carbocycles. The van der Waals surface area contributed by atoms with Crippen molar-refractivity contribution >= 4 is 11.6 Å². The molecule has 0 unspecified atom stereocenters. The lowest BCUT2D eigenvalue weighted by Crippen LogP contribution is -2.20. The van der Waals surface area contributed by atoms with Crippen LogP contribution >= 0.6 is 0 Å². The molecule has 0 aliphatic rings. The van der Waals surface area contributed by atoms with Crippen LogP contribution in [0.15, 0.2) is 73.1 Å². The first-order valence-electron chi connectivity index (χ1n) is 7.87. The van der Waals surface area contributed by atoms with E-state index in [2.05, 4.69) is 5.32 Å². The molecule has 1 aromatic heterocycles. The minimum absolute atomic E-state index is 0.0766. The van der Waals surface area contributed by atoms with Crippen LogP contribution in [0, 0.1) is 12.7 Å². The van der Waals surface area contributed by atoms with Crippen molar-refractivity contribution in [2.45, 2.75) is 19.4 Å². The van der Waals surface area contributed by atoms with Crippen LogP contribution < -0.4 is 5.32 Å². The highest BCUT2D eigenvalue weighted by Gasteiger charge is 2.18. The molecule has 1 amide bonds. The highest BCUT2D eigenvalue weighted by Crippen LogP contribution is 2.24. The zero-order chi connectivity index (χ0) is 16.9. The zero-order valence-corrected chi connectivity index (χ0v) is 13.4. The lowest BCUT2D eigenvalue weighted by Gasteiger charge is -2.19. The van der Waals surface area contributed by atoms with Crippen LogP contribution in [0.5, 0.6) is 0 Å². The molecule has 2 aromatic carbocycles. The van der Waals surface area contributed by atoms with Crippen LogP contribution in [0.25, 0.3) is 0 Å². The Hall–Kier alpha value is -2.88. The van der Waals surface area contributed by atoms with Gasteiger partial charge in [0.25, 0.3) is 0 Å². The van der Waals surface area contributed by atoms with Crippen LogP contribution in [0.2, 0.25) is 0 Å². The summed E-state index contributed by atoms with van der Waals surface area (Å²) >= 11 is 0. The van der Waals surface area contributed by atoms with E-state index < -0.39 is 0 Å². The average molecular weight is 322 g/mol. The van der Waals surface area contributed by atoms with Crippen molar-refractivity contribution in [1.82, 2.24) is 4.57 Å². The van der Waals surface area contributed by atoms with Crippen molar-refractivity contribution in [2.24, 2.45) is 0 Å². The molecular weight excluding hydrogens is 303 g/mol. The second kappa shape index (κ2) is 7.13. The fourth-order valence-electron chi connectivity index (χ4n) is 2.73. The molecule has 1 heterocycles. The number of anilines is 1. The number of nitrogens with one attached hydrogen (secondary N) is 1. The summed E-state index contributed by atoms with van der Waals surface area (Å²) in [6.45, 7) is 1.96. The molecule has 1 N–H and O–H groups in total. The van der Waals surface area contributed by atoms with Gasteiger partial charge >= 0.3 is 0 Å². The maximum Gasteiger partial charge on any atom is 0.226 e. The first-order chi connectivity index (χ1) is 11.6. The van der Waals surface area contributed by atoms with Crippen molar-refractivity contribution in [3.8, 4) is 0 Å². The SMILES string of the molecule is Cc1ccccc1NC(=O)C[C@@H](c1ccc(F)cc1)n1cccc1. The molecule has 0 saturated heterocycles. The number of hydrogen-bond acceptors (Lipinski definition) is 1. The third-order valence-corrected chi connectivity index (χ3v) is 4.04. The quantitative estimate of drug-likeness (QED) is 0.734. The third kappa shape index (κ3) is 3.71. The molecule has 0 fully saturated rings. The van der Waals surface area contributed by atoms with Gasteiger partial charge in [-0.1, -0.05) is 30.3 Å². The molecule has 3 nitrogen and oxygen atoms in total. The number of para-hydroxylation sites is 1. The van der Waals surface area contributed by atoms with Crippen molar-refractivity contribution in [2.75, 3.05) is 5.32 Å². The van der Waals surface area contributed by atoms with Gasteiger partial charge in [0.2, 0.25) is 5.91 Å². The van der Waals surface area contributed by atoms with E-state index in [1.807, 2.05) is 60.3 Å². The van der Waals surface area contributed by atoms with Gasteiger partial charge in [0.05, 0.1) is 12.5 Å². The number of aryl methyl sites for hydroxylation is 1. The molecule has 0 spiro atoms. The van der Waals surface area contributed by atoms with Gasteiger partial charge in [-0.15, -0.1) is 0 Å². The summed E-state index contributed by atoms with van der Waals surface area (Å²) in [6.07, 6.45) is 4.10. The van der Waals surface area contributed by atoms with E-state index >= 15 is 0 Å². The Bertz CT molecular complexity index is 810. The maximum absolute atomic E-state index is 13.2. The monoisotopic (exact) mass is 322 g/mol. The fraction of sp³-hybridized carbons (Fsp3) is 0.150. The number of hydrogen-bond donors (Lipinski definition) is 1. The largest absolute Gasteiger partial charge is 0.346 e. The second-order valence-electron chi connectivity index (χ2n) is 5.76. The summed E-state index contributed by atoms with van der Waals surface area (Å²) in [5.41, 5.74) is 2.73.